The van der Waals surface area contributed by atoms with Crippen molar-refractivity contribution in [1.29, 1.82) is 0 Å². The summed E-state index contributed by atoms with van der Waals surface area (Å²) in [6, 6.07) is 11.3. The first kappa shape index (κ1) is 26.8. The molecular formula is C24H28ClN3O6S. The fourth-order valence-electron chi connectivity index (χ4n) is 3.91. The molecule has 0 aliphatic carbocycles. The van der Waals surface area contributed by atoms with Gasteiger partial charge in [0.2, 0.25) is 10.6 Å². The number of halogens is 1. The molecule has 2 atom stereocenters. The van der Waals surface area contributed by atoms with Gasteiger partial charge in [0.15, 0.2) is 0 Å². The maximum absolute atomic E-state index is 13.1. The number of ether oxygens (including phenoxy) is 1. The normalized spacial score (nSPS) is 16.6. The Hall–Kier alpha value is -2.82. The fraction of sp³-hybridized carbons (Fsp3) is 0.417. The van der Waals surface area contributed by atoms with Gasteiger partial charge in [-0.25, -0.2) is 4.79 Å². The van der Waals surface area contributed by atoms with Crippen molar-refractivity contribution in [3.63, 3.8) is 0 Å². The number of esters is 1. The zero-order valence-electron chi connectivity index (χ0n) is 19.6. The van der Waals surface area contributed by atoms with E-state index in [-0.39, 0.29) is 29.0 Å². The lowest BCUT2D eigenvalue weighted by atomic mass is 10.1. The lowest BCUT2D eigenvalue weighted by molar-refractivity contribution is -0.387. The Morgan fingerprint density at radius 2 is 2.00 bits per heavy atom. The van der Waals surface area contributed by atoms with E-state index in [4.69, 9.17) is 16.3 Å². The van der Waals surface area contributed by atoms with Gasteiger partial charge in [0, 0.05) is 65.3 Å². The van der Waals surface area contributed by atoms with Crippen LogP contribution in [0.5, 0.6) is 0 Å². The number of nitrogens with zero attached hydrogens (tertiary/aromatic N) is 3. The van der Waals surface area contributed by atoms with Crippen LogP contribution in [0.3, 0.4) is 0 Å². The largest absolute Gasteiger partial charge is 0.611 e. The number of hydrogen-bond acceptors (Lipinski definition) is 7. The Kier molecular flexibility index (Phi) is 9.36. The molecule has 35 heavy (non-hydrogen) atoms. The van der Waals surface area contributed by atoms with E-state index in [1.165, 1.54) is 12.1 Å². The second-order valence-electron chi connectivity index (χ2n) is 8.28. The van der Waals surface area contributed by atoms with Crippen LogP contribution < -0.4 is 4.90 Å². The minimum Gasteiger partial charge on any atom is -0.611 e. The van der Waals surface area contributed by atoms with Crippen molar-refractivity contribution in [2.75, 3.05) is 36.9 Å². The van der Waals surface area contributed by atoms with Crippen LogP contribution >= 0.6 is 11.6 Å². The van der Waals surface area contributed by atoms with Gasteiger partial charge >= 0.3 is 11.7 Å². The number of unbranched alkanes of at least 4 members (excludes halogenated alkanes) is 1. The number of anilines is 1. The maximum atomic E-state index is 13.1. The number of amides is 1. The molecule has 1 amide bonds. The van der Waals surface area contributed by atoms with E-state index in [2.05, 4.69) is 4.90 Å². The first-order valence-electron chi connectivity index (χ1n) is 11.3. The molecule has 1 aliphatic heterocycles. The molecule has 0 saturated carbocycles. The zero-order valence-corrected chi connectivity index (χ0v) is 21.2. The van der Waals surface area contributed by atoms with Gasteiger partial charge in [-0.05, 0) is 37.6 Å². The highest BCUT2D eigenvalue weighted by atomic mass is 35.5. The molecule has 0 aromatic heterocycles. The second-order valence-corrected chi connectivity index (χ2v) is 10.1. The van der Waals surface area contributed by atoms with Gasteiger partial charge in [-0.2, -0.15) is 0 Å². The Bertz CT molecular complexity index is 1080. The van der Waals surface area contributed by atoms with Crippen molar-refractivity contribution in [3.05, 3.63) is 63.2 Å². The molecule has 0 radical (unpaired) electrons. The summed E-state index contributed by atoms with van der Waals surface area (Å²) in [5.74, 6) is -1.51. The molecule has 2 aromatic rings. The Morgan fingerprint density at radius 1 is 1.23 bits per heavy atom. The summed E-state index contributed by atoms with van der Waals surface area (Å²) in [6.07, 6.45) is 1.52. The van der Waals surface area contributed by atoms with E-state index in [0.717, 1.165) is 18.2 Å². The van der Waals surface area contributed by atoms with Crippen molar-refractivity contribution in [2.24, 2.45) is 0 Å². The van der Waals surface area contributed by atoms with Gasteiger partial charge in [0.05, 0.1) is 11.5 Å². The lowest BCUT2D eigenvalue weighted by Gasteiger charge is -2.41. The number of piperazine rings is 1. The number of benzene rings is 2. The summed E-state index contributed by atoms with van der Waals surface area (Å²) in [6.45, 7) is 5.59. The van der Waals surface area contributed by atoms with Gasteiger partial charge < -0.3 is 19.1 Å². The molecule has 3 rings (SSSR count). The van der Waals surface area contributed by atoms with Gasteiger partial charge in [-0.15, -0.1) is 0 Å². The summed E-state index contributed by atoms with van der Waals surface area (Å²) in [7, 11) is 0. The van der Waals surface area contributed by atoms with Crippen LogP contribution in [0.1, 0.15) is 37.0 Å². The number of nitro benzene ring substituents is 1. The van der Waals surface area contributed by atoms with Crippen molar-refractivity contribution in [2.45, 2.75) is 37.6 Å². The van der Waals surface area contributed by atoms with Gasteiger partial charge in [-0.1, -0.05) is 31.0 Å². The summed E-state index contributed by atoms with van der Waals surface area (Å²) in [4.78, 5) is 39.7. The molecule has 1 saturated heterocycles. The Labute approximate surface area is 212 Å². The van der Waals surface area contributed by atoms with E-state index >= 15 is 0 Å². The van der Waals surface area contributed by atoms with E-state index in [1.807, 2.05) is 32.0 Å². The third-order valence-corrected chi connectivity index (χ3v) is 7.28. The van der Waals surface area contributed by atoms with Crippen LogP contribution in [-0.4, -0.2) is 64.3 Å². The maximum Gasteiger partial charge on any atom is 0.356 e. The molecule has 1 fully saturated rings. The Balaban J connectivity index is 1.70. The molecule has 0 bridgehead atoms. The molecule has 0 N–H and O–H groups in total. The van der Waals surface area contributed by atoms with Crippen LogP contribution in [0.4, 0.5) is 11.4 Å². The van der Waals surface area contributed by atoms with Crippen LogP contribution in [0.2, 0.25) is 5.02 Å². The highest BCUT2D eigenvalue weighted by Gasteiger charge is 2.32. The SMILES string of the molecule is CCCCOC(=O)C[S+]([O-])c1ccc(C(=O)N2CCN(c3cccc(Cl)c3)[C@H](C)C2)cc1[N+](=O)[O-]. The summed E-state index contributed by atoms with van der Waals surface area (Å²) >= 11 is 4.14. The molecule has 9 nitrogen and oxygen atoms in total. The van der Waals surface area contributed by atoms with Crippen molar-refractivity contribution >= 4 is 46.0 Å². The standard InChI is InChI=1S/C24H28ClN3O6S/c1-3-4-12-34-23(29)16-35(33)22-9-8-18(13-21(22)28(31)32)24(30)26-10-11-27(17(2)15-26)20-7-5-6-19(25)14-20/h5-9,13-14,17H,3-4,10-12,15-16H2,1-2H3/t17-,35?/m1/s1. The number of rotatable bonds is 9. The van der Waals surface area contributed by atoms with Gasteiger partial charge in [0.1, 0.15) is 0 Å². The highest BCUT2D eigenvalue weighted by molar-refractivity contribution is 7.92. The van der Waals surface area contributed by atoms with Gasteiger partial charge in [0.25, 0.3) is 5.91 Å². The highest BCUT2D eigenvalue weighted by Crippen LogP contribution is 2.28. The molecule has 1 aliphatic rings. The van der Waals surface area contributed by atoms with Gasteiger partial charge in [-0.3, -0.25) is 14.9 Å². The Morgan fingerprint density at radius 3 is 2.66 bits per heavy atom. The molecule has 2 aromatic carbocycles. The van der Waals surface area contributed by atoms with Crippen LogP contribution in [0, 0.1) is 10.1 Å². The summed E-state index contributed by atoms with van der Waals surface area (Å²) in [5.41, 5.74) is 0.639. The topological polar surface area (TPSA) is 116 Å². The third kappa shape index (κ3) is 6.87. The average Bonchev–Trinajstić information content (AvgIpc) is 2.83. The second kappa shape index (κ2) is 12.2. The van der Waals surface area contributed by atoms with Crippen molar-refractivity contribution in [3.8, 4) is 0 Å². The summed E-state index contributed by atoms with van der Waals surface area (Å²) in [5, 5.41) is 12.3. The first-order chi connectivity index (χ1) is 16.7. The third-order valence-electron chi connectivity index (χ3n) is 5.71. The monoisotopic (exact) mass is 521 g/mol. The lowest BCUT2D eigenvalue weighted by Crippen LogP contribution is -2.53. The fourth-order valence-corrected chi connectivity index (χ4v) is 5.13. The van der Waals surface area contributed by atoms with E-state index in [9.17, 15) is 24.3 Å². The van der Waals surface area contributed by atoms with Crippen molar-refractivity contribution < 1.29 is 23.8 Å². The van der Waals surface area contributed by atoms with E-state index in [0.29, 0.717) is 31.1 Å². The molecule has 1 heterocycles. The number of nitro groups is 1. The minimum absolute atomic E-state index is 0.00616. The van der Waals surface area contributed by atoms with Crippen molar-refractivity contribution in [1.82, 2.24) is 4.90 Å². The predicted octanol–water partition coefficient (Wildman–Crippen LogP) is 4.05. The predicted molar refractivity (Wildman–Crippen MR) is 134 cm³/mol. The number of hydrogen-bond donors (Lipinski definition) is 0. The minimum atomic E-state index is -1.97. The molecule has 188 valence electrons. The summed E-state index contributed by atoms with van der Waals surface area (Å²) < 4.78 is 17.6. The quantitative estimate of drug-likeness (QED) is 0.161. The van der Waals surface area contributed by atoms with Crippen LogP contribution in [0.15, 0.2) is 47.4 Å². The number of carbonyl (C=O) groups is 2. The average molecular weight is 522 g/mol. The number of carbonyl (C=O) groups excluding carboxylic acids is 2. The zero-order chi connectivity index (χ0) is 25.5. The molecular weight excluding hydrogens is 494 g/mol. The molecule has 0 spiro atoms. The van der Waals surface area contributed by atoms with E-state index < -0.39 is 33.5 Å². The van der Waals surface area contributed by atoms with Crippen LogP contribution in [-0.2, 0) is 20.7 Å². The van der Waals surface area contributed by atoms with E-state index in [1.54, 1.807) is 11.0 Å². The molecule has 11 heteroatoms. The van der Waals surface area contributed by atoms with Crippen LogP contribution in [0.25, 0.3) is 0 Å². The first-order valence-corrected chi connectivity index (χ1v) is 13.0. The smallest absolute Gasteiger partial charge is 0.356 e. The molecule has 1 unspecified atom stereocenters.